The van der Waals surface area contributed by atoms with E-state index in [1.807, 2.05) is 6.07 Å². The van der Waals surface area contributed by atoms with E-state index in [4.69, 9.17) is 15.2 Å². The second-order valence-electron chi connectivity index (χ2n) is 4.87. The number of benzene rings is 1. The van der Waals surface area contributed by atoms with Crippen LogP contribution in [0.3, 0.4) is 0 Å². The van der Waals surface area contributed by atoms with E-state index in [1.165, 1.54) is 7.11 Å². The average Bonchev–Trinajstić information content (AvgIpc) is 2.27. The first kappa shape index (κ1) is 14.3. The Morgan fingerprint density at radius 3 is 2.56 bits per heavy atom. The van der Waals surface area contributed by atoms with Crippen molar-refractivity contribution in [1.29, 1.82) is 0 Å². The molecule has 5 nitrogen and oxygen atoms in total. The summed E-state index contributed by atoms with van der Waals surface area (Å²) < 4.78 is 10.4. The van der Waals surface area contributed by atoms with Crippen molar-refractivity contribution >= 4 is 11.8 Å². The summed E-state index contributed by atoms with van der Waals surface area (Å²) in [6.07, 6.45) is -0.513. The molecule has 0 aromatic heterocycles. The summed E-state index contributed by atoms with van der Waals surface area (Å²) >= 11 is 0. The first-order valence-electron chi connectivity index (χ1n) is 5.72. The van der Waals surface area contributed by atoms with Crippen LogP contribution in [-0.2, 0) is 11.3 Å². The normalized spacial score (nSPS) is 10.9. The molecule has 0 spiro atoms. The largest absolute Gasteiger partial charge is 0.495 e. The molecule has 0 heterocycles. The Morgan fingerprint density at radius 1 is 1.39 bits per heavy atom. The maximum atomic E-state index is 11.6. The molecule has 1 aromatic carbocycles. The molecule has 1 aromatic rings. The van der Waals surface area contributed by atoms with E-state index < -0.39 is 11.7 Å². The molecule has 0 aliphatic heterocycles. The molecule has 1 amide bonds. The number of ether oxygens (including phenoxy) is 2. The van der Waals surface area contributed by atoms with E-state index in [0.717, 1.165) is 5.56 Å². The molecule has 0 aliphatic carbocycles. The number of carbonyl (C=O) groups is 1. The highest BCUT2D eigenvalue weighted by molar-refractivity contribution is 5.87. The van der Waals surface area contributed by atoms with Gasteiger partial charge in [0, 0.05) is 6.54 Å². The lowest BCUT2D eigenvalue weighted by Crippen LogP contribution is -2.27. The van der Waals surface area contributed by atoms with Crippen LogP contribution in [0.5, 0.6) is 5.75 Å². The number of hydrogen-bond donors (Lipinski definition) is 2. The van der Waals surface area contributed by atoms with Gasteiger partial charge in [0.05, 0.1) is 12.8 Å². The molecular weight excluding hydrogens is 232 g/mol. The summed E-state index contributed by atoms with van der Waals surface area (Å²) in [4.78, 5) is 11.6. The van der Waals surface area contributed by atoms with Crippen molar-refractivity contribution in [2.24, 2.45) is 5.73 Å². The van der Waals surface area contributed by atoms with Crippen LogP contribution in [0.25, 0.3) is 0 Å². The minimum atomic E-state index is -0.533. The average molecular weight is 252 g/mol. The number of hydrogen-bond acceptors (Lipinski definition) is 4. The number of nitrogens with one attached hydrogen (secondary N) is 1. The maximum absolute atomic E-state index is 11.6. The number of rotatable bonds is 3. The lowest BCUT2D eigenvalue weighted by molar-refractivity contribution is 0.0635. The first-order valence-corrected chi connectivity index (χ1v) is 5.72. The van der Waals surface area contributed by atoms with E-state index in [0.29, 0.717) is 18.0 Å². The van der Waals surface area contributed by atoms with Crippen molar-refractivity contribution in [2.75, 3.05) is 12.4 Å². The van der Waals surface area contributed by atoms with Gasteiger partial charge in [-0.05, 0) is 38.5 Å². The van der Waals surface area contributed by atoms with E-state index >= 15 is 0 Å². The van der Waals surface area contributed by atoms with Crippen molar-refractivity contribution < 1.29 is 14.3 Å². The van der Waals surface area contributed by atoms with Gasteiger partial charge in [-0.3, -0.25) is 5.32 Å². The number of carbonyl (C=O) groups excluding carboxylic acids is 1. The van der Waals surface area contributed by atoms with Gasteiger partial charge in [0.15, 0.2) is 0 Å². The molecule has 0 fully saturated rings. The highest BCUT2D eigenvalue weighted by Gasteiger charge is 2.17. The summed E-state index contributed by atoms with van der Waals surface area (Å²) in [6.45, 7) is 5.84. The van der Waals surface area contributed by atoms with Gasteiger partial charge in [0.1, 0.15) is 11.4 Å². The van der Waals surface area contributed by atoms with Gasteiger partial charge >= 0.3 is 6.09 Å². The topological polar surface area (TPSA) is 73.6 Å². The minimum absolute atomic E-state index is 0.420. The molecule has 100 valence electrons. The van der Waals surface area contributed by atoms with Crippen LogP contribution in [0.4, 0.5) is 10.5 Å². The summed E-state index contributed by atoms with van der Waals surface area (Å²) in [7, 11) is 1.54. The summed E-state index contributed by atoms with van der Waals surface area (Å²) in [5.41, 5.74) is 6.50. The Morgan fingerprint density at radius 2 is 2.06 bits per heavy atom. The van der Waals surface area contributed by atoms with Crippen LogP contribution in [-0.4, -0.2) is 18.8 Å². The quantitative estimate of drug-likeness (QED) is 0.866. The van der Waals surface area contributed by atoms with Gasteiger partial charge in [-0.1, -0.05) is 6.07 Å². The van der Waals surface area contributed by atoms with E-state index in [9.17, 15) is 4.79 Å². The number of amides is 1. The van der Waals surface area contributed by atoms with Gasteiger partial charge < -0.3 is 15.2 Å². The zero-order valence-electron chi connectivity index (χ0n) is 11.2. The van der Waals surface area contributed by atoms with Crippen LogP contribution in [0, 0.1) is 0 Å². The van der Waals surface area contributed by atoms with Gasteiger partial charge in [-0.2, -0.15) is 0 Å². The number of nitrogens with two attached hydrogens (primary N) is 1. The maximum Gasteiger partial charge on any atom is 0.412 e. The Balaban J connectivity index is 2.81. The van der Waals surface area contributed by atoms with Crippen LogP contribution in [0.15, 0.2) is 18.2 Å². The SMILES string of the molecule is COc1cc(CN)ccc1NC(=O)OC(C)(C)C. The minimum Gasteiger partial charge on any atom is -0.495 e. The summed E-state index contributed by atoms with van der Waals surface area (Å²) in [6, 6.07) is 5.35. The van der Waals surface area contributed by atoms with Gasteiger partial charge in [-0.25, -0.2) is 4.79 Å². The molecule has 0 bridgehead atoms. The predicted molar refractivity (Wildman–Crippen MR) is 70.7 cm³/mol. The molecule has 0 unspecified atom stereocenters. The Kier molecular flexibility index (Phi) is 4.55. The van der Waals surface area contributed by atoms with Gasteiger partial charge in [0.25, 0.3) is 0 Å². The van der Waals surface area contributed by atoms with Crippen LogP contribution >= 0.6 is 0 Å². The first-order chi connectivity index (χ1) is 8.35. The van der Waals surface area contributed by atoms with Crippen LogP contribution in [0.2, 0.25) is 0 Å². The predicted octanol–water partition coefficient (Wildman–Crippen LogP) is 2.50. The highest BCUT2D eigenvalue weighted by atomic mass is 16.6. The fraction of sp³-hybridized carbons (Fsp3) is 0.462. The van der Waals surface area contributed by atoms with Crippen molar-refractivity contribution in [3.63, 3.8) is 0 Å². The van der Waals surface area contributed by atoms with E-state index in [1.54, 1.807) is 32.9 Å². The van der Waals surface area contributed by atoms with Gasteiger partial charge in [0.2, 0.25) is 0 Å². The molecule has 0 saturated carbocycles. The summed E-state index contributed by atoms with van der Waals surface area (Å²) in [5, 5.41) is 2.64. The monoisotopic (exact) mass is 252 g/mol. The molecule has 3 N–H and O–H groups in total. The lowest BCUT2D eigenvalue weighted by Gasteiger charge is -2.20. The fourth-order valence-corrected chi connectivity index (χ4v) is 1.38. The molecule has 0 aliphatic rings. The fourth-order valence-electron chi connectivity index (χ4n) is 1.38. The molecule has 0 radical (unpaired) electrons. The smallest absolute Gasteiger partial charge is 0.412 e. The van der Waals surface area contributed by atoms with Crippen molar-refractivity contribution in [2.45, 2.75) is 32.9 Å². The molecular formula is C13H20N2O3. The second-order valence-corrected chi connectivity index (χ2v) is 4.87. The third-order valence-corrected chi connectivity index (χ3v) is 2.14. The lowest BCUT2D eigenvalue weighted by atomic mass is 10.2. The molecule has 1 rings (SSSR count). The zero-order valence-corrected chi connectivity index (χ0v) is 11.2. The molecule has 5 heteroatoms. The molecule has 0 saturated heterocycles. The third-order valence-electron chi connectivity index (χ3n) is 2.14. The number of methoxy groups -OCH3 is 1. The Labute approximate surface area is 107 Å². The second kappa shape index (κ2) is 5.73. The van der Waals surface area contributed by atoms with Crippen molar-refractivity contribution in [3.8, 4) is 5.75 Å². The third kappa shape index (κ3) is 4.25. The zero-order chi connectivity index (χ0) is 13.8. The van der Waals surface area contributed by atoms with E-state index in [2.05, 4.69) is 5.32 Å². The van der Waals surface area contributed by atoms with Crippen molar-refractivity contribution in [3.05, 3.63) is 23.8 Å². The van der Waals surface area contributed by atoms with Crippen LogP contribution < -0.4 is 15.8 Å². The van der Waals surface area contributed by atoms with E-state index in [-0.39, 0.29) is 0 Å². The molecule has 0 atom stereocenters. The Bertz CT molecular complexity index is 425. The number of anilines is 1. The standard InChI is InChI=1S/C13H20N2O3/c1-13(2,3)18-12(16)15-10-6-5-9(8-14)7-11(10)17-4/h5-7H,8,14H2,1-4H3,(H,15,16). The highest BCUT2D eigenvalue weighted by Crippen LogP contribution is 2.26. The van der Waals surface area contributed by atoms with Crippen molar-refractivity contribution in [1.82, 2.24) is 0 Å². The summed E-state index contributed by atoms with van der Waals surface area (Å²) in [5.74, 6) is 0.559. The Hall–Kier alpha value is -1.75. The van der Waals surface area contributed by atoms with Gasteiger partial charge in [-0.15, -0.1) is 0 Å². The van der Waals surface area contributed by atoms with Crippen LogP contribution in [0.1, 0.15) is 26.3 Å². The molecule has 18 heavy (non-hydrogen) atoms.